The van der Waals surface area contributed by atoms with Gasteiger partial charge in [-0.3, -0.25) is 0 Å². The first kappa shape index (κ1) is 17.9. The first-order valence-electron chi connectivity index (χ1n) is 8.04. The molecule has 0 aliphatic heterocycles. The minimum Gasteiger partial charge on any atom is -0.411 e. The number of allylic oxidation sites excluding steroid dienone is 2. The molecule has 1 aliphatic rings. The summed E-state index contributed by atoms with van der Waals surface area (Å²) in [6, 6.07) is 0. The van der Waals surface area contributed by atoms with Gasteiger partial charge in [0.1, 0.15) is 0 Å². The van der Waals surface area contributed by atoms with Crippen LogP contribution in [0.2, 0.25) is 0 Å². The third-order valence-corrected chi connectivity index (χ3v) is 4.14. The number of hydrogen-bond donors (Lipinski definition) is 3. The van der Waals surface area contributed by atoms with Gasteiger partial charge in [-0.05, 0) is 25.3 Å². The molecule has 0 spiro atoms. The maximum absolute atomic E-state index is 9.98. The largest absolute Gasteiger partial charge is 0.411 e. The van der Waals surface area contributed by atoms with Crippen LogP contribution in [0, 0.1) is 5.92 Å². The molecule has 0 saturated heterocycles. The second kappa shape index (κ2) is 9.00. The van der Waals surface area contributed by atoms with Crippen molar-refractivity contribution in [2.24, 2.45) is 11.1 Å². The van der Waals surface area contributed by atoms with E-state index in [0.717, 1.165) is 18.4 Å². The molecule has 1 atom stereocenters. The van der Waals surface area contributed by atoms with Crippen molar-refractivity contribution in [3.05, 3.63) is 23.3 Å². The van der Waals surface area contributed by atoms with Gasteiger partial charge in [-0.25, -0.2) is 0 Å². The summed E-state index contributed by atoms with van der Waals surface area (Å²) in [5, 5.41) is 31.6. The maximum Gasteiger partial charge on any atom is 0.197 e. The van der Waals surface area contributed by atoms with Gasteiger partial charge in [0, 0.05) is 0 Å². The summed E-state index contributed by atoms with van der Waals surface area (Å²) in [5.74, 6) is -2.64. The minimum atomic E-state index is -1.95. The van der Waals surface area contributed by atoms with Crippen molar-refractivity contribution < 1.29 is 15.4 Å². The van der Waals surface area contributed by atoms with Crippen molar-refractivity contribution >= 4 is 6.21 Å². The molecule has 4 nitrogen and oxygen atoms in total. The van der Waals surface area contributed by atoms with Crippen LogP contribution in [0.15, 0.2) is 28.5 Å². The first-order valence-corrected chi connectivity index (χ1v) is 8.04. The van der Waals surface area contributed by atoms with Crippen molar-refractivity contribution in [2.75, 3.05) is 0 Å². The minimum absolute atomic E-state index is 0.493. The number of rotatable bonds is 9. The summed E-state index contributed by atoms with van der Waals surface area (Å²) in [4.78, 5) is 0. The van der Waals surface area contributed by atoms with Crippen LogP contribution in [0.1, 0.15) is 65.2 Å². The molecule has 0 bridgehead atoms. The third-order valence-electron chi connectivity index (χ3n) is 4.14. The first-order chi connectivity index (χ1) is 10.0. The smallest absolute Gasteiger partial charge is 0.197 e. The summed E-state index contributed by atoms with van der Waals surface area (Å²) in [6.45, 7) is 3.91. The van der Waals surface area contributed by atoms with E-state index in [4.69, 9.17) is 5.21 Å². The standard InChI is InChI=1S/C17H29NO3/c1-3-4-5-6-7-8-9-10-15-11-14(2)17(19,20)16(12-15)13-18-21/h11-13,16,19-21H,3-10H2,1-2H3. The van der Waals surface area contributed by atoms with Crippen molar-refractivity contribution in [1.29, 1.82) is 0 Å². The van der Waals surface area contributed by atoms with E-state index < -0.39 is 11.7 Å². The molecule has 21 heavy (non-hydrogen) atoms. The zero-order chi connectivity index (χ0) is 15.7. The summed E-state index contributed by atoms with van der Waals surface area (Å²) >= 11 is 0. The molecule has 1 aliphatic carbocycles. The predicted octanol–water partition coefficient (Wildman–Crippen LogP) is 3.77. The Morgan fingerprint density at radius 1 is 1.14 bits per heavy atom. The van der Waals surface area contributed by atoms with Crippen molar-refractivity contribution in [1.82, 2.24) is 0 Å². The predicted molar refractivity (Wildman–Crippen MR) is 85.4 cm³/mol. The number of unbranched alkanes of at least 4 members (excludes halogenated alkanes) is 6. The second-order valence-corrected chi connectivity index (χ2v) is 5.96. The molecule has 3 N–H and O–H groups in total. The van der Waals surface area contributed by atoms with E-state index in [1.165, 1.54) is 44.7 Å². The number of aliphatic hydroxyl groups is 2. The highest BCUT2D eigenvalue weighted by Crippen LogP contribution is 2.31. The highest BCUT2D eigenvalue weighted by atomic mass is 16.5. The topological polar surface area (TPSA) is 73.1 Å². The summed E-state index contributed by atoms with van der Waals surface area (Å²) in [5.41, 5.74) is 1.58. The fraction of sp³-hybridized carbons (Fsp3) is 0.706. The van der Waals surface area contributed by atoms with E-state index >= 15 is 0 Å². The maximum atomic E-state index is 9.98. The van der Waals surface area contributed by atoms with Crippen LogP contribution in [0.25, 0.3) is 0 Å². The molecule has 0 saturated carbocycles. The van der Waals surface area contributed by atoms with Crippen LogP contribution in [0.3, 0.4) is 0 Å². The molecule has 0 fully saturated rings. The molecule has 4 heteroatoms. The molecule has 0 aromatic rings. The van der Waals surface area contributed by atoms with Gasteiger partial charge in [0.2, 0.25) is 0 Å². The Labute approximate surface area is 127 Å². The molecule has 0 aromatic heterocycles. The molecule has 0 heterocycles. The molecule has 0 amide bonds. The molecule has 120 valence electrons. The van der Waals surface area contributed by atoms with E-state index in [1.807, 2.05) is 6.08 Å². The van der Waals surface area contributed by atoms with Crippen LogP contribution in [-0.2, 0) is 0 Å². The Balaban J connectivity index is 2.41. The zero-order valence-corrected chi connectivity index (χ0v) is 13.3. The normalized spacial score (nSPS) is 21.4. The lowest BCUT2D eigenvalue weighted by molar-refractivity contribution is -0.141. The van der Waals surface area contributed by atoms with Gasteiger partial charge in [0.25, 0.3) is 0 Å². The van der Waals surface area contributed by atoms with Crippen LogP contribution in [-0.4, -0.2) is 27.4 Å². The Kier molecular flexibility index (Phi) is 7.68. The van der Waals surface area contributed by atoms with Crippen LogP contribution >= 0.6 is 0 Å². The summed E-state index contributed by atoms with van der Waals surface area (Å²) < 4.78 is 0. The molecular formula is C17H29NO3. The lowest BCUT2D eigenvalue weighted by atomic mass is 9.84. The highest BCUT2D eigenvalue weighted by Gasteiger charge is 2.36. The van der Waals surface area contributed by atoms with E-state index in [2.05, 4.69) is 12.1 Å². The third kappa shape index (κ3) is 5.64. The van der Waals surface area contributed by atoms with Crippen molar-refractivity contribution in [3.63, 3.8) is 0 Å². The molecule has 0 radical (unpaired) electrons. The number of hydrogen-bond acceptors (Lipinski definition) is 4. The van der Waals surface area contributed by atoms with Crippen LogP contribution < -0.4 is 0 Å². The fourth-order valence-electron chi connectivity index (χ4n) is 2.70. The van der Waals surface area contributed by atoms with Crippen molar-refractivity contribution in [2.45, 2.75) is 71.0 Å². The number of oxime groups is 1. The Hall–Kier alpha value is -1.13. The SMILES string of the molecule is CCCCCCCCCC1=CC(C=NO)C(O)(O)C(C)=C1. The summed E-state index contributed by atoms with van der Waals surface area (Å²) in [6.07, 6.45) is 14.5. The van der Waals surface area contributed by atoms with Gasteiger partial charge in [-0.1, -0.05) is 63.2 Å². The van der Waals surface area contributed by atoms with Gasteiger partial charge in [0.05, 0.1) is 12.1 Å². The monoisotopic (exact) mass is 295 g/mol. The lowest BCUT2D eigenvalue weighted by Crippen LogP contribution is -2.40. The zero-order valence-electron chi connectivity index (χ0n) is 13.3. The Morgan fingerprint density at radius 3 is 2.38 bits per heavy atom. The quantitative estimate of drug-likeness (QED) is 0.199. The van der Waals surface area contributed by atoms with E-state index in [0.29, 0.717) is 5.57 Å². The molecule has 1 rings (SSSR count). The van der Waals surface area contributed by atoms with Gasteiger partial charge < -0.3 is 15.4 Å². The fourth-order valence-corrected chi connectivity index (χ4v) is 2.70. The molecular weight excluding hydrogens is 266 g/mol. The van der Waals surface area contributed by atoms with E-state index in [-0.39, 0.29) is 0 Å². The van der Waals surface area contributed by atoms with Crippen LogP contribution in [0.5, 0.6) is 0 Å². The Bertz CT molecular complexity index is 397. The Morgan fingerprint density at radius 2 is 1.76 bits per heavy atom. The average molecular weight is 295 g/mol. The van der Waals surface area contributed by atoms with Gasteiger partial charge in [-0.15, -0.1) is 5.16 Å². The second-order valence-electron chi connectivity index (χ2n) is 5.96. The van der Waals surface area contributed by atoms with Gasteiger partial charge >= 0.3 is 0 Å². The van der Waals surface area contributed by atoms with Crippen LogP contribution in [0.4, 0.5) is 0 Å². The highest BCUT2D eigenvalue weighted by molar-refractivity contribution is 5.67. The molecule has 0 aromatic carbocycles. The van der Waals surface area contributed by atoms with E-state index in [1.54, 1.807) is 13.0 Å². The van der Waals surface area contributed by atoms with Crippen molar-refractivity contribution in [3.8, 4) is 0 Å². The van der Waals surface area contributed by atoms with E-state index in [9.17, 15) is 10.2 Å². The lowest BCUT2D eigenvalue weighted by Gasteiger charge is -2.31. The average Bonchev–Trinajstić information content (AvgIpc) is 2.44. The number of nitrogens with zero attached hydrogens (tertiary/aromatic N) is 1. The molecule has 1 unspecified atom stereocenters. The van der Waals surface area contributed by atoms with Gasteiger partial charge in [-0.2, -0.15) is 0 Å². The summed E-state index contributed by atoms with van der Waals surface area (Å²) in [7, 11) is 0. The van der Waals surface area contributed by atoms with Gasteiger partial charge in [0.15, 0.2) is 5.79 Å².